The lowest BCUT2D eigenvalue weighted by molar-refractivity contribution is 0.0687. The number of carbonyl (C=O) groups is 1. The van der Waals surface area contributed by atoms with Crippen LogP contribution in [0.3, 0.4) is 0 Å². The smallest absolute Gasteiger partial charge is 0.270 e. The number of rotatable bonds is 4. The second-order valence-corrected chi connectivity index (χ2v) is 5.42. The van der Waals surface area contributed by atoms with Gasteiger partial charge in [0, 0.05) is 30.0 Å². The minimum Gasteiger partial charge on any atom is -0.351 e. The average Bonchev–Trinajstić information content (AvgIpc) is 3.12. The Bertz CT molecular complexity index is 566. The second kappa shape index (κ2) is 5.67. The maximum atomic E-state index is 12.8. The molecule has 2 heterocycles. The molecule has 1 atom stereocenters. The summed E-state index contributed by atoms with van der Waals surface area (Å²) < 4.78 is 0. The van der Waals surface area contributed by atoms with E-state index in [0.29, 0.717) is 11.7 Å². The summed E-state index contributed by atoms with van der Waals surface area (Å²) >= 11 is 0. The zero-order chi connectivity index (χ0) is 13.9. The van der Waals surface area contributed by atoms with Crippen LogP contribution in [0.2, 0.25) is 0 Å². The van der Waals surface area contributed by atoms with Gasteiger partial charge in [-0.05, 0) is 31.5 Å². The number of nitrogens with zero attached hydrogens (tertiary/aromatic N) is 1. The number of aromatic nitrogens is 1. The molecule has 1 amide bonds. The fourth-order valence-corrected chi connectivity index (χ4v) is 2.94. The first-order valence-electron chi connectivity index (χ1n) is 7.39. The molecular weight excluding hydrogens is 250 g/mol. The van der Waals surface area contributed by atoms with Gasteiger partial charge in [0.25, 0.3) is 5.91 Å². The lowest BCUT2D eigenvalue weighted by Gasteiger charge is -2.27. The molecular formula is C16H21N3O. The molecule has 0 aliphatic carbocycles. The highest BCUT2D eigenvalue weighted by Crippen LogP contribution is 2.18. The lowest BCUT2D eigenvalue weighted by Crippen LogP contribution is -2.42. The Kier molecular flexibility index (Phi) is 3.74. The van der Waals surface area contributed by atoms with Gasteiger partial charge in [-0.2, -0.15) is 0 Å². The molecule has 20 heavy (non-hydrogen) atoms. The molecule has 2 N–H and O–H groups in total. The van der Waals surface area contributed by atoms with Gasteiger partial charge >= 0.3 is 0 Å². The minimum atomic E-state index is 0.122. The largest absolute Gasteiger partial charge is 0.351 e. The topological polar surface area (TPSA) is 48.1 Å². The lowest BCUT2D eigenvalue weighted by atomic mass is 10.2. The number of benzene rings is 1. The summed E-state index contributed by atoms with van der Waals surface area (Å²) in [6.45, 7) is 4.85. The van der Waals surface area contributed by atoms with Crippen LogP contribution in [0.5, 0.6) is 0 Å². The molecule has 1 fully saturated rings. The van der Waals surface area contributed by atoms with E-state index in [4.69, 9.17) is 0 Å². The van der Waals surface area contributed by atoms with E-state index >= 15 is 0 Å². The summed E-state index contributed by atoms with van der Waals surface area (Å²) in [5.41, 5.74) is 1.73. The summed E-state index contributed by atoms with van der Waals surface area (Å²) in [5, 5.41) is 4.43. The molecule has 1 saturated heterocycles. The molecule has 1 aliphatic rings. The van der Waals surface area contributed by atoms with E-state index in [1.165, 1.54) is 0 Å². The highest BCUT2D eigenvalue weighted by atomic mass is 16.2. The summed E-state index contributed by atoms with van der Waals surface area (Å²) in [6.07, 6.45) is 2.04. The van der Waals surface area contributed by atoms with Crippen LogP contribution < -0.4 is 5.32 Å². The van der Waals surface area contributed by atoms with Crippen LogP contribution >= 0.6 is 0 Å². The molecule has 1 aromatic carbocycles. The Labute approximate surface area is 119 Å². The average molecular weight is 271 g/mol. The Morgan fingerprint density at radius 1 is 1.40 bits per heavy atom. The van der Waals surface area contributed by atoms with Crippen LogP contribution in [-0.4, -0.2) is 41.5 Å². The van der Waals surface area contributed by atoms with Crippen LogP contribution in [0.15, 0.2) is 30.3 Å². The highest BCUT2D eigenvalue weighted by molar-refractivity contribution is 5.98. The van der Waals surface area contributed by atoms with Gasteiger partial charge in [-0.25, -0.2) is 0 Å². The first-order valence-corrected chi connectivity index (χ1v) is 7.39. The third-order valence-corrected chi connectivity index (χ3v) is 3.96. The van der Waals surface area contributed by atoms with Gasteiger partial charge in [-0.1, -0.05) is 25.1 Å². The van der Waals surface area contributed by atoms with Gasteiger partial charge < -0.3 is 15.2 Å². The number of nitrogens with one attached hydrogen (secondary N) is 2. The second-order valence-electron chi connectivity index (χ2n) is 5.42. The van der Waals surface area contributed by atoms with Crippen molar-refractivity contribution in [2.45, 2.75) is 25.8 Å². The highest BCUT2D eigenvalue weighted by Gasteiger charge is 2.27. The number of hydrogen-bond acceptors (Lipinski definition) is 2. The van der Waals surface area contributed by atoms with Gasteiger partial charge in [0.1, 0.15) is 5.69 Å². The van der Waals surface area contributed by atoms with Gasteiger partial charge in [0.2, 0.25) is 0 Å². The van der Waals surface area contributed by atoms with Gasteiger partial charge in [0.05, 0.1) is 0 Å². The number of para-hydroxylation sites is 1. The Hall–Kier alpha value is -1.81. The van der Waals surface area contributed by atoms with Crippen molar-refractivity contribution >= 4 is 16.8 Å². The van der Waals surface area contributed by atoms with Crippen molar-refractivity contribution in [3.63, 3.8) is 0 Å². The van der Waals surface area contributed by atoms with E-state index in [2.05, 4.69) is 17.2 Å². The summed E-state index contributed by atoms with van der Waals surface area (Å²) in [5.74, 6) is 0.122. The van der Waals surface area contributed by atoms with Gasteiger partial charge in [-0.15, -0.1) is 0 Å². The Morgan fingerprint density at radius 3 is 2.95 bits per heavy atom. The Balaban J connectivity index is 1.87. The monoisotopic (exact) mass is 271 g/mol. The molecule has 106 valence electrons. The summed E-state index contributed by atoms with van der Waals surface area (Å²) in [4.78, 5) is 18.0. The standard InChI is InChI=1S/C16H21N3O/c1-2-9-19(13-7-8-17-11-13)16(20)15-10-12-5-3-4-6-14(12)18-15/h3-6,10,13,17-18H,2,7-9,11H2,1H3. The molecule has 0 bridgehead atoms. The fraction of sp³-hybridized carbons (Fsp3) is 0.438. The molecule has 0 saturated carbocycles. The number of hydrogen-bond donors (Lipinski definition) is 2. The third kappa shape index (κ3) is 2.43. The van der Waals surface area contributed by atoms with Crippen molar-refractivity contribution in [3.8, 4) is 0 Å². The fourth-order valence-electron chi connectivity index (χ4n) is 2.94. The maximum absolute atomic E-state index is 12.8. The van der Waals surface area contributed by atoms with Crippen molar-refractivity contribution in [1.82, 2.24) is 15.2 Å². The van der Waals surface area contributed by atoms with Crippen LogP contribution in [0, 0.1) is 0 Å². The predicted molar refractivity (Wildman–Crippen MR) is 80.9 cm³/mol. The van der Waals surface area contributed by atoms with E-state index in [-0.39, 0.29) is 5.91 Å². The Morgan fingerprint density at radius 2 is 2.25 bits per heavy atom. The van der Waals surface area contributed by atoms with Crippen LogP contribution in [-0.2, 0) is 0 Å². The first-order chi connectivity index (χ1) is 9.79. The number of amides is 1. The molecule has 2 aromatic rings. The number of H-pyrrole nitrogens is 1. The van der Waals surface area contributed by atoms with Crippen molar-refractivity contribution in [2.24, 2.45) is 0 Å². The van der Waals surface area contributed by atoms with E-state index in [0.717, 1.165) is 43.4 Å². The molecule has 4 nitrogen and oxygen atoms in total. The summed E-state index contributed by atoms with van der Waals surface area (Å²) in [7, 11) is 0. The third-order valence-electron chi connectivity index (χ3n) is 3.96. The summed E-state index contributed by atoms with van der Waals surface area (Å²) in [6, 6.07) is 10.3. The molecule has 0 radical (unpaired) electrons. The zero-order valence-corrected chi connectivity index (χ0v) is 11.9. The van der Waals surface area contributed by atoms with Gasteiger partial charge in [-0.3, -0.25) is 4.79 Å². The van der Waals surface area contributed by atoms with E-state index in [1.807, 2.05) is 35.2 Å². The quantitative estimate of drug-likeness (QED) is 0.897. The number of aromatic amines is 1. The zero-order valence-electron chi connectivity index (χ0n) is 11.9. The van der Waals surface area contributed by atoms with E-state index < -0.39 is 0 Å². The van der Waals surface area contributed by atoms with Crippen molar-refractivity contribution in [3.05, 3.63) is 36.0 Å². The first kappa shape index (κ1) is 13.2. The number of fused-ring (bicyclic) bond motifs is 1. The van der Waals surface area contributed by atoms with Crippen molar-refractivity contribution in [2.75, 3.05) is 19.6 Å². The van der Waals surface area contributed by atoms with Crippen molar-refractivity contribution in [1.29, 1.82) is 0 Å². The molecule has 4 heteroatoms. The van der Waals surface area contributed by atoms with E-state index in [9.17, 15) is 4.79 Å². The van der Waals surface area contributed by atoms with Crippen LogP contribution in [0.25, 0.3) is 10.9 Å². The SMILES string of the molecule is CCCN(C(=O)c1cc2ccccc2[nH]1)C1CCNC1. The maximum Gasteiger partial charge on any atom is 0.270 e. The normalized spacial score (nSPS) is 18.6. The van der Waals surface area contributed by atoms with Crippen molar-refractivity contribution < 1.29 is 4.79 Å². The van der Waals surface area contributed by atoms with E-state index in [1.54, 1.807) is 0 Å². The molecule has 1 aliphatic heterocycles. The van der Waals surface area contributed by atoms with Crippen LogP contribution in [0.4, 0.5) is 0 Å². The molecule has 1 unspecified atom stereocenters. The molecule has 3 rings (SSSR count). The molecule has 1 aromatic heterocycles. The molecule has 0 spiro atoms. The van der Waals surface area contributed by atoms with Crippen LogP contribution in [0.1, 0.15) is 30.3 Å². The number of carbonyl (C=O) groups excluding carboxylic acids is 1. The minimum absolute atomic E-state index is 0.122. The van der Waals surface area contributed by atoms with Gasteiger partial charge in [0.15, 0.2) is 0 Å². The predicted octanol–water partition coefficient (Wildman–Crippen LogP) is 2.38.